The van der Waals surface area contributed by atoms with Gasteiger partial charge in [0.2, 0.25) is 0 Å². The molecule has 0 aromatic heterocycles. The van der Waals surface area contributed by atoms with E-state index >= 15 is 0 Å². The van der Waals surface area contributed by atoms with Gasteiger partial charge < -0.3 is 15.3 Å². The number of amides is 2. The summed E-state index contributed by atoms with van der Waals surface area (Å²) in [5, 5.41) is 11.5. The number of carbonyl (C=O) groups is 2. The van der Waals surface area contributed by atoms with Crippen LogP contribution < -0.4 is 5.32 Å². The van der Waals surface area contributed by atoms with E-state index in [1.165, 1.54) is 33.0 Å². The van der Waals surface area contributed by atoms with Gasteiger partial charge in [0, 0.05) is 12.1 Å². The van der Waals surface area contributed by atoms with Crippen LogP contribution in [0.25, 0.3) is 0 Å². The molecule has 0 spiro atoms. The van der Waals surface area contributed by atoms with E-state index in [0.717, 1.165) is 11.0 Å². The van der Waals surface area contributed by atoms with Crippen LogP contribution in [0, 0.1) is 5.82 Å². The molecule has 5 nitrogen and oxygen atoms in total. The van der Waals surface area contributed by atoms with Gasteiger partial charge in [0.05, 0.1) is 5.69 Å². The molecule has 2 N–H and O–H groups in total. The second-order valence-corrected chi connectivity index (χ2v) is 4.91. The van der Waals surface area contributed by atoms with Crippen LogP contribution in [0.5, 0.6) is 0 Å². The van der Waals surface area contributed by atoms with Crippen molar-refractivity contribution in [2.75, 3.05) is 12.4 Å². The van der Waals surface area contributed by atoms with E-state index in [1.807, 2.05) is 0 Å². The van der Waals surface area contributed by atoms with Gasteiger partial charge in [-0.15, -0.1) is 0 Å². The normalized spacial score (nSPS) is 11.0. The molecule has 0 heterocycles. The Kier molecular flexibility index (Phi) is 4.36. The predicted molar refractivity (Wildman–Crippen MR) is 69.9 cm³/mol. The standard InChI is InChI=1S/C12H14ClFN2O3/c1-12(2,10(17)18)16(3)11(19)15-9-5-4-7(13)6-8(9)14/h4-6H,1-3H3,(H,15,19)(H,17,18). The number of likely N-dealkylation sites (N-methyl/N-ethyl adjacent to an activating group) is 1. The Morgan fingerprint density at radius 3 is 2.47 bits per heavy atom. The first-order chi connectivity index (χ1) is 8.66. The zero-order valence-corrected chi connectivity index (χ0v) is 11.5. The highest BCUT2D eigenvalue weighted by Crippen LogP contribution is 2.20. The quantitative estimate of drug-likeness (QED) is 0.898. The van der Waals surface area contributed by atoms with Gasteiger partial charge in [-0.05, 0) is 32.0 Å². The van der Waals surface area contributed by atoms with Crippen LogP contribution in [0.2, 0.25) is 5.02 Å². The molecule has 2 amide bonds. The van der Waals surface area contributed by atoms with Crippen molar-refractivity contribution in [3.63, 3.8) is 0 Å². The first-order valence-electron chi connectivity index (χ1n) is 5.39. The highest BCUT2D eigenvalue weighted by atomic mass is 35.5. The third-order valence-electron chi connectivity index (χ3n) is 2.84. The highest BCUT2D eigenvalue weighted by Gasteiger charge is 2.35. The molecule has 0 saturated heterocycles. The molecule has 7 heteroatoms. The molecule has 104 valence electrons. The Balaban J connectivity index is 2.88. The van der Waals surface area contributed by atoms with Crippen LogP contribution in [0.4, 0.5) is 14.9 Å². The van der Waals surface area contributed by atoms with Crippen LogP contribution in [-0.2, 0) is 4.79 Å². The van der Waals surface area contributed by atoms with Gasteiger partial charge in [0.1, 0.15) is 11.4 Å². The zero-order chi connectivity index (χ0) is 14.8. The van der Waals surface area contributed by atoms with Crippen molar-refractivity contribution in [1.82, 2.24) is 4.90 Å². The highest BCUT2D eigenvalue weighted by molar-refractivity contribution is 6.30. The molecule has 0 aliphatic rings. The summed E-state index contributed by atoms with van der Waals surface area (Å²) < 4.78 is 13.5. The lowest BCUT2D eigenvalue weighted by Crippen LogP contribution is -2.52. The van der Waals surface area contributed by atoms with E-state index < -0.39 is 23.4 Å². The first-order valence-corrected chi connectivity index (χ1v) is 5.77. The number of urea groups is 1. The Labute approximate surface area is 115 Å². The van der Waals surface area contributed by atoms with Crippen molar-refractivity contribution < 1.29 is 19.1 Å². The van der Waals surface area contributed by atoms with Crippen molar-refractivity contribution >= 4 is 29.3 Å². The van der Waals surface area contributed by atoms with Crippen molar-refractivity contribution in [2.45, 2.75) is 19.4 Å². The fourth-order valence-electron chi connectivity index (χ4n) is 1.19. The molecule has 0 unspecified atom stereocenters. The molecule has 0 bridgehead atoms. The first kappa shape index (κ1) is 15.2. The number of aliphatic carboxylic acids is 1. The fourth-order valence-corrected chi connectivity index (χ4v) is 1.35. The summed E-state index contributed by atoms with van der Waals surface area (Å²) >= 11 is 5.59. The van der Waals surface area contributed by atoms with Gasteiger partial charge in [-0.25, -0.2) is 14.0 Å². The van der Waals surface area contributed by atoms with Gasteiger partial charge in [-0.1, -0.05) is 11.6 Å². The lowest BCUT2D eigenvalue weighted by molar-refractivity contribution is -0.146. The molecule has 0 fully saturated rings. The van der Waals surface area contributed by atoms with Crippen molar-refractivity contribution in [3.8, 4) is 0 Å². The number of halogens is 2. The van der Waals surface area contributed by atoms with Gasteiger partial charge in [-0.3, -0.25) is 0 Å². The maximum atomic E-state index is 13.5. The Morgan fingerprint density at radius 2 is 2.00 bits per heavy atom. The van der Waals surface area contributed by atoms with E-state index in [4.69, 9.17) is 16.7 Å². The molecule has 0 atom stereocenters. The zero-order valence-electron chi connectivity index (χ0n) is 10.7. The lowest BCUT2D eigenvalue weighted by Gasteiger charge is -2.31. The number of carboxylic acid groups (broad SMARTS) is 1. The molecule has 19 heavy (non-hydrogen) atoms. The number of carboxylic acids is 1. The number of anilines is 1. The summed E-state index contributed by atoms with van der Waals surface area (Å²) in [6, 6.07) is 3.05. The summed E-state index contributed by atoms with van der Waals surface area (Å²) in [6.07, 6.45) is 0. The summed E-state index contributed by atoms with van der Waals surface area (Å²) in [4.78, 5) is 23.8. The molecule has 0 radical (unpaired) electrons. The van der Waals surface area contributed by atoms with Gasteiger partial charge in [0.15, 0.2) is 0 Å². The van der Waals surface area contributed by atoms with Crippen molar-refractivity contribution in [2.24, 2.45) is 0 Å². The third-order valence-corrected chi connectivity index (χ3v) is 3.07. The molecule has 1 rings (SSSR count). The Morgan fingerprint density at radius 1 is 1.42 bits per heavy atom. The van der Waals surface area contributed by atoms with Gasteiger partial charge in [-0.2, -0.15) is 0 Å². The number of benzene rings is 1. The predicted octanol–water partition coefficient (Wildman–Crippen LogP) is 2.81. The number of nitrogens with zero attached hydrogens (tertiary/aromatic N) is 1. The number of hydrogen-bond acceptors (Lipinski definition) is 2. The van der Waals surface area contributed by atoms with E-state index in [2.05, 4.69) is 5.32 Å². The van der Waals surface area contributed by atoms with E-state index in [-0.39, 0.29) is 10.7 Å². The summed E-state index contributed by atoms with van der Waals surface area (Å²) in [5.41, 5.74) is -1.48. The van der Waals surface area contributed by atoms with Gasteiger partial charge in [0.25, 0.3) is 0 Å². The minimum absolute atomic E-state index is 0.0672. The third kappa shape index (κ3) is 3.35. The minimum atomic E-state index is -1.41. The van der Waals surface area contributed by atoms with Crippen LogP contribution in [0.3, 0.4) is 0 Å². The fraction of sp³-hybridized carbons (Fsp3) is 0.333. The molecular weight excluding hydrogens is 275 g/mol. The van der Waals surface area contributed by atoms with Crippen LogP contribution in [-0.4, -0.2) is 34.6 Å². The average Bonchev–Trinajstić information content (AvgIpc) is 2.31. The van der Waals surface area contributed by atoms with Crippen LogP contribution in [0.15, 0.2) is 18.2 Å². The number of rotatable bonds is 3. The van der Waals surface area contributed by atoms with E-state index in [9.17, 15) is 14.0 Å². The summed E-state index contributed by atoms with van der Waals surface area (Å²) in [7, 11) is 1.32. The SMILES string of the molecule is CN(C(=O)Nc1ccc(Cl)cc1F)C(C)(C)C(=O)O. The van der Waals surface area contributed by atoms with E-state index in [0.29, 0.717) is 0 Å². The van der Waals surface area contributed by atoms with E-state index in [1.54, 1.807) is 0 Å². The monoisotopic (exact) mass is 288 g/mol. The summed E-state index contributed by atoms with van der Waals surface area (Å²) in [5.74, 6) is -1.86. The van der Waals surface area contributed by atoms with Crippen molar-refractivity contribution in [3.05, 3.63) is 29.0 Å². The number of nitrogens with one attached hydrogen (secondary N) is 1. The second kappa shape index (κ2) is 5.44. The second-order valence-electron chi connectivity index (χ2n) is 4.48. The molecular formula is C12H14ClFN2O3. The largest absolute Gasteiger partial charge is 0.480 e. The molecule has 0 aliphatic carbocycles. The van der Waals surface area contributed by atoms with Crippen LogP contribution in [0.1, 0.15) is 13.8 Å². The Hall–Kier alpha value is -1.82. The number of carbonyl (C=O) groups excluding carboxylic acids is 1. The molecule has 0 aliphatic heterocycles. The average molecular weight is 289 g/mol. The topological polar surface area (TPSA) is 69.6 Å². The molecule has 1 aromatic rings. The van der Waals surface area contributed by atoms with Gasteiger partial charge >= 0.3 is 12.0 Å². The van der Waals surface area contributed by atoms with Crippen molar-refractivity contribution in [1.29, 1.82) is 0 Å². The summed E-state index contributed by atoms with van der Waals surface area (Å²) in [6.45, 7) is 2.74. The smallest absolute Gasteiger partial charge is 0.329 e. The maximum Gasteiger partial charge on any atom is 0.329 e. The molecule has 1 aromatic carbocycles. The maximum absolute atomic E-state index is 13.5. The molecule has 0 saturated carbocycles. The minimum Gasteiger partial charge on any atom is -0.480 e. The Bertz CT molecular complexity index is 520. The number of hydrogen-bond donors (Lipinski definition) is 2. The van der Waals surface area contributed by atoms with Crippen LogP contribution >= 0.6 is 11.6 Å². The lowest BCUT2D eigenvalue weighted by atomic mass is 10.1.